The van der Waals surface area contributed by atoms with Gasteiger partial charge in [-0.05, 0) is 37.9 Å². The molecule has 0 radical (unpaired) electrons. The van der Waals surface area contributed by atoms with Gasteiger partial charge in [0.05, 0.1) is 17.2 Å². The highest BCUT2D eigenvalue weighted by Gasteiger charge is 2.35. The molecule has 2 aromatic rings. The fourth-order valence-electron chi connectivity index (χ4n) is 3.27. The standard InChI is InChI=1S/C21H22ClN3O3/c1-24(2)18(16-9-5-6-10-17(16)22)13-23-19(26)11-12-25-20(27)14-7-3-4-8-15(14)21(25)28/h3-10,18H,11-13H2,1-2H3,(H,23,26)/t18-/m0/s1. The van der Waals surface area contributed by atoms with Gasteiger partial charge >= 0.3 is 0 Å². The summed E-state index contributed by atoms with van der Waals surface area (Å²) in [4.78, 5) is 40.1. The highest BCUT2D eigenvalue weighted by Crippen LogP contribution is 2.25. The van der Waals surface area contributed by atoms with Crippen LogP contribution in [0.1, 0.15) is 38.7 Å². The van der Waals surface area contributed by atoms with Gasteiger partial charge < -0.3 is 10.2 Å². The third-order valence-corrected chi connectivity index (χ3v) is 5.17. The van der Waals surface area contributed by atoms with Crippen molar-refractivity contribution in [2.45, 2.75) is 12.5 Å². The van der Waals surface area contributed by atoms with Crippen molar-refractivity contribution in [3.05, 3.63) is 70.2 Å². The number of fused-ring (bicyclic) bond motifs is 1. The van der Waals surface area contributed by atoms with Crippen molar-refractivity contribution in [1.82, 2.24) is 15.1 Å². The molecule has 28 heavy (non-hydrogen) atoms. The lowest BCUT2D eigenvalue weighted by Crippen LogP contribution is -2.37. The quantitative estimate of drug-likeness (QED) is 0.727. The Kier molecular flexibility index (Phi) is 6.11. The zero-order valence-corrected chi connectivity index (χ0v) is 16.6. The number of hydrogen-bond donors (Lipinski definition) is 1. The molecule has 0 unspecified atom stereocenters. The number of imide groups is 1. The van der Waals surface area contributed by atoms with E-state index in [1.54, 1.807) is 24.3 Å². The Morgan fingerprint density at radius 1 is 1.04 bits per heavy atom. The maximum atomic E-state index is 12.3. The number of nitrogens with one attached hydrogen (secondary N) is 1. The molecule has 1 atom stereocenters. The molecule has 3 amide bonds. The number of benzene rings is 2. The molecular formula is C21H22ClN3O3. The van der Waals surface area contributed by atoms with E-state index in [1.807, 2.05) is 43.3 Å². The van der Waals surface area contributed by atoms with Crippen LogP contribution in [-0.4, -0.2) is 54.7 Å². The number of amides is 3. The lowest BCUT2D eigenvalue weighted by molar-refractivity contribution is -0.121. The van der Waals surface area contributed by atoms with Crippen molar-refractivity contribution >= 4 is 29.3 Å². The summed E-state index contributed by atoms with van der Waals surface area (Å²) in [6.07, 6.45) is 0.0497. The highest BCUT2D eigenvalue weighted by molar-refractivity contribution is 6.31. The molecule has 1 aliphatic heterocycles. The molecule has 2 aromatic carbocycles. The summed E-state index contributed by atoms with van der Waals surface area (Å²) in [6.45, 7) is 0.425. The second-order valence-corrected chi connectivity index (χ2v) is 7.27. The Hall–Kier alpha value is -2.70. The predicted octanol–water partition coefficient (Wildman–Crippen LogP) is 2.75. The first-order valence-corrected chi connectivity index (χ1v) is 9.40. The van der Waals surface area contributed by atoms with Gasteiger partial charge in [0.15, 0.2) is 0 Å². The number of rotatable bonds is 7. The Bertz CT molecular complexity index is 878. The van der Waals surface area contributed by atoms with E-state index in [4.69, 9.17) is 11.6 Å². The van der Waals surface area contributed by atoms with Gasteiger partial charge in [0.2, 0.25) is 5.91 Å². The van der Waals surface area contributed by atoms with Crippen LogP contribution in [0.4, 0.5) is 0 Å². The minimum Gasteiger partial charge on any atom is -0.354 e. The first-order valence-electron chi connectivity index (χ1n) is 9.03. The maximum absolute atomic E-state index is 12.3. The van der Waals surface area contributed by atoms with Gasteiger partial charge in [0.25, 0.3) is 11.8 Å². The van der Waals surface area contributed by atoms with Gasteiger partial charge in [-0.15, -0.1) is 0 Å². The summed E-state index contributed by atoms with van der Waals surface area (Å²) >= 11 is 6.28. The van der Waals surface area contributed by atoms with Gasteiger partial charge in [-0.25, -0.2) is 0 Å². The number of hydrogen-bond acceptors (Lipinski definition) is 4. The monoisotopic (exact) mass is 399 g/mol. The molecule has 146 valence electrons. The van der Waals surface area contributed by atoms with E-state index < -0.39 is 0 Å². The predicted molar refractivity (Wildman–Crippen MR) is 107 cm³/mol. The number of likely N-dealkylation sites (N-methyl/N-ethyl adjacent to an activating group) is 1. The van der Waals surface area contributed by atoms with Crippen LogP contribution in [0.25, 0.3) is 0 Å². The topological polar surface area (TPSA) is 69.7 Å². The lowest BCUT2D eigenvalue weighted by Gasteiger charge is -2.26. The summed E-state index contributed by atoms with van der Waals surface area (Å²) in [7, 11) is 3.83. The Balaban J connectivity index is 1.57. The molecule has 0 aliphatic carbocycles. The minimum absolute atomic E-state index is 0.0497. The van der Waals surface area contributed by atoms with Gasteiger partial charge in [0.1, 0.15) is 0 Å². The number of nitrogens with zero attached hydrogens (tertiary/aromatic N) is 2. The normalized spacial score (nSPS) is 14.4. The SMILES string of the molecule is CN(C)[C@@H](CNC(=O)CCN1C(=O)c2ccccc2C1=O)c1ccccc1Cl. The molecule has 0 bridgehead atoms. The fraction of sp³-hybridized carbons (Fsp3) is 0.286. The molecule has 3 rings (SSSR count). The van der Waals surface area contributed by atoms with Gasteiger partial charge in [-0.1, -0.05) is 41.9 Å². The van der Waals surface area contributed by atoms with Crippen LogP contribution < -0.4 is 5.32 Å². The van der Waals surface area contributed by atoms with Gasteiger partial charge in [-0.3, -0.25) is 19.3 Å². The van der Waals surface area contributed by atoms with Gasteiger partial charge in [0, 0.05) is 24.5 Å². The molecular weight excluding hydrogens is 378 g/mol. The van der Waals surface area contributed by atoms with E-state index in [0.717, 1.165) is 10.5 Å². The van der Waals surface area contributed by atoms with Crippen LogP contribution in [0.2, 0.25) is 5.02 Å². The van der Waals surface area contributed by atoms with E-state index in [9.17, 15) is 14.4 Å². The van der Waals surface area contributed by atoms with Crippen LogP contribution in [0.5, 0.6) is 0 Å². The molecule has 6 nitrogen and oxygen atoms in total. The van der Waals surface area contributed by atoms with E-state index in [2.05, 4.69) is 5.32 Å². The Morgan fingerprint density at radius 2 is 1.61 bits per heavy atom. The van der Waals surface area contributed by atoms with Crippen LogP contribution in [-0.2, 0) is 4.79 Å². The second kappa shape index (κ2) is 8.54. The Labute approximate surface area is 169 Å². The number of halogens is 1. The average molecular weight is 400 g/mol. The summed E-state index contributed by atoms with van der Waals surface area (Å²) in [6, 6.07) is 14.1. The van der Waals surface area contributed by atoms with Crippen molar-refractivity contribution in [1.29, 1.82) is 0 Å². The van der Waals surface area contributed by atoms with E-state index in [1.165, 1.54) is 0 Å². The van der Waals surface area contributed by atoms with Crippen molar-refractivity contribution in [3.8, 4) is 0 Å². The van der Waals surface area contributed by atoms with Crippen molar-refractivity contribution < 1.29 is 14.4 Å². The largest absolute Gasteiger partial charge is 0.354 e. The van der Waals surface area contributed by atoms with E-state index >= 15 is 0 Å². The Morgan fingerprint density at radius 3 is 2.18 bits per heavy atom. The zero-order chi connectivity index (χ0) is 20.3. The first-order chi connectivity index (χ1) is 13.4. The summed E-state index contributed by atoms with van der Waals surface area (Å²) < 4.78 is 0. The summed E-state index contributed by atoms with van der Waals surface area (Å²) in [5.41, 5.74) is 1.70. The zero-order valence-electron chi connectivity index (χ0n) is 15.8. The lowest BCUT2D eigenvalue weighted by atomic mass is 10.1. The molecule has 1 N–H and O–H groups in total. The van der Waals surface area contributed by atoms with Crippen LogP contribution >= 0.6 is 11.6 Å². The highest BCUT2D eigenvalue weighted by atomic mass is 35.5. The van der Waals surface area contributed by atoms with Crippen LogP contribution in [0.3, 0.4) is 0 Å². The van der Waals surface area contributed by atoms with Crippen molar-refractivity contribution in [3.63, 3.8) is 0 Å². The van der Waals surface area contributed by atoms with Crippen LogP contribution in [0.15, 0.2) is 48.5 Å². The molecule has 0 saturated heterocycles. The third-order valence-electron chi connectivity index (χ3n) is 4.82. The number of carbonyl (C=O) groups is 3. The van der Waals surface area contributed by atoms with Crippen molar-refractivity contribution in [2.75, 3.05) is 27.2 Å². The molecule has 0 saturated carbocycles. The molecule has 7 heteroatoms. The first kappa shape index (κ1) is 20.0. The summed E-state index contributed by atoms with van der Waals surface area (Å²) in [5, 5.41) is 3.52. The molecule has 0 fully saturated rings. The van der Waals surface area contributed by atoms with E-state index in [-0.39, 0.29) is 36.7 Å². The molecule has 1 aliphatic rings. The van der Waals surface area contributed by atoms with E-state index in [0.29, 0.717) is 22.7 Å². The van der Waals surface area contributed by atoms with Gasteiger partial charge in [-0.2, -0.15) is 0 Å². The summed E-state index contributed by atoms with van der Waals surface area (Å²) in [5.74, 6) is -0.929. The smallest absolute Gasteiger partial charge is 0.261 e. The molecule has 0 aromatic heterocycles. The van der Waals surface area contributed by atoms with Crippen LogP contribution in [0, 0.1) is 0 Å². The van der Waals surface area contributed by atoms with Crippen molar-refractivity contribution in [2.24, 2.45) is 0 Å². The third kappa shape index (κ3) is 4.08. The second-order valence-electron chi connectivity index (χ2n) is 6.86. The average Bonchev–Trinajstić information content (AvgIpc) is 2.92. The maximum Gasteiger partial charge on any atom is 0.261 e. The minimum atomic E-state index is -0.351. The fourth-order valence-corrected chi connectivity index (χ4v) is 3.53. The number of carbonyl (C=O) groups excluding carboxylic acids is 3. The molecule has 0 spiro atoms. The molecule has 1 heterocycles.